The molecule has 0 unspecified atom stereocenters. The van der Waals surface area contributed by atoms with E-state index in [0.29, 0.717) is 18.8 Å². The number of urea groups is 1. The number of rotatable bonds is 5. The van der Waals surface area contributed by atoms with Crippen molar-refractivity contribution >= 4 is 11.8 Å². The standard InChI is InChI=1S/C16H16N4O2/c21-16(17-10-8-14-7-4-12-22-14)18-15-9-11-20(19-15)13-5-2-1-3-6-13/h1-7,9,11-12H,8,10H2,(H2,17,18,19,21). The molecule has 0 saturated heterocycles. The quantitative estimate of drug-likeness (QED) is 0.760. The number of aromatic nitrogens is 2. The highest BCUT2D eigenvalue weighted by Gasteiger charge is 2.05. The Morgan fingerprint density at radius 3 is 2.77 bits per heavy atom. The molecule has 3 rings (SSSR count). The fourth-order valence-corrected chi connectivity index (χ4v) is 2.03. The van der Waals surface area contributed by atoms with Gasteiger partial charge in [-0.1, -0.05) is 18.2 Å². The molecule has 1 aromatic carbocycles. The number of para-hydroxylation sites is 1. The summed E-state index contributed by atoms with van der Waals surface area (Å²) in [6, 6.07) is 14.9. The lowest BCUT2D eigenvalue weighted by Gasteiger charge is -2.04. The van der Waals surface area contributed by atoms with Gasteiger partial charge in [-0.25, -0.2) is 9.48 Å². The SMILES string of the molecule is O=C(NCCc1ccco1)Nc1ccn(-c2ccccc2)n1. The van der Waals surface area contributed by atoms with Crippen LogP contribution in [0.1, 0.15) is 5.76 Å². The third-order valence-electron chi connectivity index (χ3n) is 3.09. The summed E-state index contributed by atoms with van der Waals surface area (Å²) >= 11 is 0. The predicted molar refractivity (Wildman–Crippen MR) is 83.0 cm³/mol. The third-order valence-corrected chi connectivity index (χ3v) is 3.09. The van der Waals surface area contributed by atoms with E-state index in [4.69, 9.17) is 4.42 Å². The van der Waals surface area contributed by atoms with Crippen molar-refractivity contribution in [1.29, 1.82) is 0 Å². The molecular formula is C16H16N4O2. The molecule has 22 heavy (non-hydrogen) atoms. The smallest absolute Gasteiger partial charge is 0.320 e. The molecule has 0 fully saturated rings. The minimum Gasteiger partial charge on any atom is -0.469 e. The van der Waals surface area contributed by atoms with E-state index in [2.05, 4.69) is 15.7 Å². The molecule has 0 aliphatic rings. The first-order chi connectivity index (χ1) is 10.8. The number of anilines is 1. The summed E-state index contributed by atoms with van der Waals surface area (Å²) < 4.78 is 6.91. The van der Waals surface area contributed by atoms with Gasteiger partial charge in [-0.15, -0.1) is 5.10 Å². The van der Waals surface area contributed by atoms with Crippen LogP contribution in [0.15, 0.2) is 65.4 Å². The Kier molecular flexibility index (Phi) is 4.20. The number of carbonyl (C=O) groups is 1. The lowest BCUT2D eigenvalue weighted by atomic mass is 10.3. The summed E-state index contributed by atoms with van der Waals surface area (Å²) in [4.78, 5) is 11.8. The van der Waals surface area contributed by atoms with Crippen molar-refractivity contribution in [3.05, 3.63) is 66.8 Å². The van der Waals surface area contributed by atoms with Gasteiger partial charge in [0.25, 0.3) is 0 Å². The molecule has 0 radical (unpaired) electrons. The number of benzene rings is 1. The van der Waals surface area contributed by atoms with E-state index in [1.165, 1.54) is 0 Å². The second-order valence-electron chi connectivity index (χ2n) is 4.69. The summed E-state index contributed by atoms with van der Waals surface area (Å²) in [5.41, 5.74) is 0.939. The Labute approximate surface area is 127 Å². The number of hydrogen-bond acceptors (Lipinski definition) is 3. The number of furan rings is 1. The van der Waals surface area contributed by atoms with Crippen LogP contribution in [0.25, 0.3) is 5.69 Å². The summed E-state index contributed by atoms with van der Waals surface area (Å²) in [5, 5.41) is 9.76. The Morgan fingerprint density at radius 1 is 1.14 bits per heavy atom. The maximum atomic E-state index is 11.8. The van der Waals surface area contributed by atoms with E-state index in [9.17, 15) is 4.79 Å². The summed E-state index contributed by atoms with van der Waals surface area (Å²) in [6.07, 6.45) is 4.07. The van der Waals surface area contributed by atoms with Crippen LogP contribution in [-0.4, -0.2) is 22.4 Å². The largest absolute Gasteiger partial charge is 0.469 e. The molecule has 0 saturated carbocycles. The van der Waals surface area contributed by atoms with Crippen molar-refractivity contribution in [2.45, 2.75) is 6.42 Å². The molecule has 6 nitrogen and oxygen atoms in total. The van der Waals surface area contributed by atoms with Crippen LogP contribution in [0.4, 0.5) is 10.6 Å². The normalized spacial score (nSPS) is 10.4. The molecule has 2 amide bonds. The van der Waals surface area contributed by atoms with Crippen LogP contribution in [-0.2, 0) is 6.42 Å². The van der Waals surface area contributed by atoms with Gasteiger partial charge in [-0.3, -0.25) is 5.32 Å². The molecule has 0 spiro atoms. The van der Waals surface area contributed by atoms with Gasteiger partial charge in [0.2, 0.25) is 0 Å². The first-order valence-electron chi connectivity index (χ1n) is 6.99. The topological polar surface area (TPSA) is 72.1 Å². The average molecular weight is 296 g/mol. The molecule has 2 heterocycles. The van der Waals surface area contributed by atoms with Crippen LogP contribution in [0.5, 0.6) is 0 Å². The predicted octanol–water partition coefficient (Wildman–Crippen LogP) is 2.83. The second-order valence-corrected chi connectivity index (χ2v) is 4.69. The summed E-state index contributed by atoms with van der Waals surface area (Å²) in [7, 11) is 0. The third kappa shape index (κ3) is 3.54. The van der Waals surface area contributed by atoms with Gasteiger partial charge in [-0.2, -0.15) is 0 Å². The highest BCUT2D eigenvalue weighted by atomic mass is 16.3. The van der Waals surface area contributed by atoms with E-state index in [1.54, 1.807) is 23.2 Å². The van der Waals surface area contributed by atoms with Gasteiger partial charge in [0.15, 0.2) is 5.82 Å². The van der Waals surface area contributed by atoms with Crippen LogP contribution >= 0.6 is 0 Å². The highest BCUT2D eigenvalue weighted by molar-refractivity contribution is 5.88. The first-order valence-corrected chi connectivity index (χ1v) is 6.99. The van der Waals surface area contributed by atoms with E-state index in [0.717, 1.165) is 11.4 Å². The van der Waals surface area contributed by atoms with E-state index in [1.807, 2.05) is 42.5 Å². The van der Waals surface area contributed by atoms with Gasteiger partial charge >= 0.3 is 6.03 Å². The number of nitrogens with zero attached hydrogens (tertiary/aromatic N) is 2. The van der Waals surface area contributed by atoms with Gasteiger partial charge in [0, 0.05) is 25.2 Å². The number of carbonyl (C=O) groups excluding carboxylic acids is 1. The fourth-order valence-electron chi connectivity index (χ4n) is 2.03. The average Bonchev–Trinajstić information content (AvgIpc) is 3.20. The molecule has 6 heteroatoms. The van der Waals surface area contributed by atoms with Crippen molar-refractivity contribution in [2.75, 3.05) is 11.9 Å². The number of nitrogens with one attached hydrogen (secondary N) is 2. The van der Waals surface area contributed by atoms with Gasteiger partial charge in [0.1, 0.15) is 5.76 Å². The summed E-state index contributed by atoms with van der Waals surface area (Å²) in [5.74, 6) is 1.34. The molecule has 0 aliphatic carbocycles. The molecule has 2 N–H and O–H groups in total. The maximum absolute atomic E-state index is 11.8. The van der Waals surface area contributed by atoms with Crippen LogP contribution in [0.3, 0.4) is 0 Å². The first kappa shape index (κ1) is 13.9. The molecule has 112 valence electrons. The van der Waals surface area contributed by atoms with Crippen molar-refractivity contribution in [3.63, 3.8) is 0 Å². The number of amides is 2. The number of hydrogen-bond donors (Lipinski definition) is 2. The Bertz CT molecular complexity index is 720. The molecule has 0 atom stereocenters. The second kappa shape index (κ2) is 6.62. The molecule has 0 aliphatic heterocycles. The van der Waals surface area contributed by atoms with Crippen molar-refractivity contribution in [1.82, 2.24) is 15.1 Å². The Balaban J connectivity index is 1.50. The van der Waals surface area contributed by atoms with Crippen LogP contribution < -0.4 is 10.6 Å². The van der Waals surface area contributed by atoms with Crippen molar-refractivity contribution < 1.29 is 9.21 Å². The Hall–Kier alpha value is -3.02. The Morgan fingerprint density at radius 2 is 2.00 bits per heavy atom. The van der Waals surface area contributed by atoms with E-state index in [-0.39, 0.29) is 6.03 Å². The minimum atomic E-state index is -0.287. The zero-order chi connectivity index (χ0) is 15.2. The minimum absolute atomic E-state index is 0.287. The molecule has 3 aromatic rings. The lowest BCUT2D eigenvalue weighted by Crippen LogP contribution is -2.30. The van der Waals surface area contributed by atoms with Crippen LogP contribution in [0, 0.1) is 0 Å². The van der Waals surface area contributed by atoms with Crippen LogP contribution in [0.2, 0.25) is 0 Å². The zero-order valence-corrected chi connectivity index (χ0v) is 11.9. The summed E-state index contributed by atoms with van der Waals surface area (Å²) in [6.45, 7) is 0.499. The van der Waals surface area contributed by atoms with Gasteiger partial charge in [0.05, 0.1) is 12.0 Å². The van der Waals surface area contributed by atoms with E-state index < -0.39 is 0 Å². The van der Waals surface area contributed by atoms with E-state index >= 15 is 0 Å². The zero-order valence-electron chi connectivity index (χ0n) is 11.9. The molecular weight excluding hydrogens is 280 g/mol. The van der Waals surface area contributed by atoms with Crippen molar-refractivity contribution in [2.24, 2.45) is 0 Å². The molecule has 0 bridgehead atoms. The van der Waals surface area contributed by atoms with Gasteiger partial charge in [-0.05, 0) is 24.3 Å². The fraction of sp³-hybridized carbons (Fsp3) is 0.125. The monoisotopic (exact) mass is 296 g/mol. The van der Waals surface area contributed by atoms with Crippen molar-refractivity contribution in [3.8, 4) is 5.69 Å². The highest BCUT2D eigenvalue weighted by Crippen LogP contribution is 2.09. The molecule has 2 aromatic heterocycles. The lowest BCUT2D eigenvalue weighted by molar-refractivity contribution is 0.252. The van der Waals surface area contributed by atoms with Gasteiger partial charge < -0.3 is 9.73 Å². The maximum Gasteiger partial charge on any atom is 0.320 e.